The van der Waals surface area contributed by atoms with Crippen LogP contribution < -0.4 is 29.2 Å². The number of benzene rings is 2. The Kier molecular flexibility index (Phi) is 5.92. The number of amides is 2. The third kappa shape index (κ3) is 4.27. The summed E-state index contributed by atoms with van der Waals surface area (Å²) in [5, 5.41) is 2.85. The fourth-order valence-electron chi connectivity index (χ4n) is 3.53. The second-order valence-corrected chi connectivity index (χ2v) is 6.96. The zero-order valence-electron chi connectivity index (χ0n) is 16.8. The standard InChI is InChI=1S/C22H24N2O6/c1-2-27-18-6-4-3-5-17(18)24-13-15(11-21(24)25)22(26)23-9-10-28-16-7-8-19-20(12-16)30-14-29-19/h3-8,12,15H,2,9-11,13-14H2,1H3,(H,23,26). The van der Waals surface area contributed by atoms with Gasteiger partial charge >= 0.3 is 0 Å². The highest BCUT2D eigenvalue weighted by Gasteiger charge is 2.36. The Morgan fingerprint density at radius 3 is 2.87 bits per heavy atom. The normalized spacial score (nSPS) is 17.2. The van der Waals surface area contributed by atoms with E-state index in [0.29, 0.717) is 55.0 Å². The highest BCUT2D eigenvalue weighted by Crippen LogP contribution is 2.35. The van der Waals surface area contributed by atoms with Gasteiger partial charge < -0.3 is 29.2 Å². The molecule has 2 aromatic rings. The van der Waals surface area contributed by atoms with Crippen LogP contribution in [-0.2, 0) is 9.59 Å². The van der Waals surface area contributed by atoms with Crippen LogP contribution in [0, 0.1) is 5.92 Å². The van der Waals surface area contributed by atoms with Crippen molar-refractivity contribution in [3.05, 3.63) is 42.5 Å². The molecule has 8 nitrogen and oxygen atoms in total. The van der Waals surface area contributed by atoms with Gasteiger partial charge in [-0.15, -0.1) is 0 Å². The smallest absolute Gasteiger partial charge is 0.231 e. The number of nitrogens with zero attached hydrogens (tertiary/aromatic N) is 1. The minimum atomic E-state index is -0.405. The number of carbonyl (C=O) groups excluding carboxylic acids is 2. The van der Waals surface area contributed by atoms with Crippen LogP contribution in [0.25, 0.3) is 0 Å². The number of hydrogen-bond donors (Lipinski definition) is 1. The average Bonchev–Trinajstić information content (AvgIpc) is 3.38. The number of ether oxygens (including phenoxy) is 4. The summed E-state index contributed by atoms with van der Waals surface area (Å²) >= 11 is 0. The Balaban J connectivity index is 1.27. The number of fused-ring (bicyclic) bond motifs is 1. The Labute approximate surface area is 174 Å². The predicted octanol–water partition coefficient (Wildman–Crippen LogP) is 2.36. The Morgan fingerprint density at radius 1 is 1.17 bits per heavy atom. The largest absolute Gasteiger partial charge is 0.492 e. The van der Waals surface area contributed by atoms with Crippen molar-refractivity contribution >= 4 is 17.5 Å². The van der Waals surface area contributed by atoms with Crippen molar-refractivity contribution in [2.75, 3.05) is 38.0 Å². The third-order valence-electron chi connectivity index (χ3n) is 4.97. The van der Waals surface area contributed by atoms with E-state index in [0.717, 1.165) is 0 Å². The first-order valence-corrected chi connectivity index (χ1v) is 9.98. The molecule has 1 N–H and O–H groups in total. The third-order valence-corrected chi connectivity index (χ3v) is 4.97. The molecule has 2 heterocycles. The Hall–Kier alpha value is -3.42. The summed E-state index contributed by atoms with van der Waals surface area (Å²) in [5.41, 5.74) is 0.700. The second kappa shape index (κ2) is 8.94. The summed E-state index contributed by atoms with van der Waals surface area (Å²) < 4.78 is 21.8. The van der Waals surface area contributed by atoms with Gasteiger partial charge in [-0.25, -0.2) is 0 Å². The maximum Gasteiger partial charge on any atom is 0.231 e. The Morgan fingerprint density at radius 2 is 2.00 bits per heavy atom. The van der Waals surface area contributed by atoms with E-state index in [4.69, 9.17) is 18.9 Å². The molecule has 0 aromatic heterocycles. The fraction of sp³-hybridized carbons (Fsp3) is 0.364. The highest BCUT2D eigenvalue weighted by molar-refractivity contribution is 6.01. The lowest BCUT2D eigenvalue weighted by atomic mass is 10.1. The lowest BCUT2D eigenvalue weighted by Gasteiger charge is -2.20. The zero-order valence-corrected chi connectivity index (χ0v) is 16.8. The van der Waals surface area contributed by atoms with E-state index in [-0.39, 0.29) is 25.0 Å². The maximum atomic E-state index is 12.5. The van der Waals surface area contributed by atoms with Gasteiger partial charge in [0, 0.05) is 19.0 Å². The number of carbonyl (C=O) groups is 2. The quantitative estimate of drug-likeness (QED) is 0.670. The first-order valence-electron chi connectivity index (χ1n) is 9.98. The van der Waals surface area contributed by atoms with Gasteiger partial charge in [0.05, 0.1) is 24.8 Å². The molecule has 1 unspecified atom stereocenters. The lowest BCUT2D eigenvalue weighted by molar-refractivity contribution is -0.126. The molecule has 4 rings (SSSR count). The van der Waals surface area contributed by atoms with Crippen LogP contribution in [0.15, 0.2) is 42.5 Å². The van der Waals surface area contributed by atoms with Gasteiger partial charge in [0.1, 0.15) is 18.1 Å². The van der Waals surface area contributed by atoms with E-state index in [2.05, 4.69) is 5.32 Å². The van der Waals surface area contributed by atoms with E-state index < -0.39 is 5.92 Å². The number of anilines is 1. The van der Waals surface area contributed by atoms with Gasteiger partial charge in [0.25, 0.3) is 0 Å². The van der Waals surface area contributed by atoms with Crippen molar-refractivity contribution in [1.29, 1.82) is 0 Å². The molecule has 1 fully saturated rings. The van der Waals surface area contributed by atoms with Crippen molar-refractivity contribution in [3.8, 4) is 23.0 Å². The molecule has 2 amide bonds. The SMILES string of the molecule is CCOc1ccccc1N1CC(C(=O)NCCOc2ccc3c(c2)OCO3)CC1=O. The molecule has 0 spiro atoms. The summed E-state index contributed by atoms with van der Waals surface area (Å²) in [7, 11) is 0. The molecule has 30 heavy (non-hydrogen) atoms. The van der Waals surface area contributed by atoms with Crippen LogP contribution in [-0.4, -0.2) is 44.9 Å². The van der Waals surface area contributed by atoms with Gasteiger partial charge in [-0.3, -0.25) is 9.59 Å². The predicted molar refractivity (Wildman–Crippen MR) is 109 cm³/mol. The fourth-order valence-corrected chi connectivity index (χ4v) is 3.53. The summed E-state index contributed by atoms with van der Waals surface area (Å²) in [6.07, 6.45) is 0.176. The minimum absolute atomic E-state index is 0.0843. The number of para-hydroxylation sites is 2. The minimum Gasteiger partial charge on any atom is -0.492 e. The van der Waals surface area contributed by atoms with Crippen molar-refractivity contribution < 1.29 is 28.5 Å². The topological polar surface area (TPSA) is 86.3 Å². The van der Waals surface area contributed by atoms with Gasteiger partial charge in [-0.2, -0.15) is 0 Å². The van der Waals surface area contributed by atoms with Crippen molar-refractivity contribution in [2.24, 2.45) is 5.92 Å². The summed E-state index contributed by atoms with van der Waals surface area (Å²) in [4.78, 5) is 26.7. The first-order chi connectivity index (χ1) is 14.7. The monoisotopic (exact) mass is 412 g/mol. The molecule has 0 bridgehead atoms. The average molecular weight is 412 g/mol. The summed E-state index contributed by atoms with van der Waals surface area (Å²) in [6, 6.07) is 12.7. The molecule has 1 atom stereocenters. The molecule has 8 heteroatoms. The highest BCUT2D eigenvalue weighted by atomic mass is 16.7. The van der Waals surface area contributed by atoms with Crippen LogP contribution in [0.2, 0.25) is 0 Å². The maximum absolute atomic E-state index is 12.5. The number of rotatable bonds is 8. The summed E-state index contributed by atoms with van der Waals surface area (Å²) in [6.45, 7) is 3.59. The number of nitrogens with one attached hydrogen (secondary N) is 1. The molecular weight excluding hydrogens is 388 g/mol. The van der Waals surface area contributed by atoms with E-state index in [1.165, 1.54) is 0 Å². The molecule has 0 saturated carbocycles. The number of hydrogen-bond acceptors (Lipinski definition) is 6. The zero-order chi connectivity index (χ0) is 20.9. The van der Waals surface area contributed by atoms with Crippen molar-refractivity contribution in [1.82, 2.24) is 5.32 Å². The molecule has 2 aromatic carbocycles. The van der Waals surface area contributed by atoms with Gasteiger partial charge in [-0.1, -0.05) is 12.1 Å². The first kappa shape index (κ1) is 19.9. The summed E-state index contributed by atoms with van der Waals surface area (Å²) in [5.74, 6) is 1.98. The van der Waals surface area contributed by atoms with Gasteiger partial charge in [0.2, 0.25) is 18.6 Å². The second-order valence-electron chi connectivity index (χ2n) is 6.96. The van der Waals surface area contributed by atoms with Crippen molar-refractivity contribution in [3.63, 3.8) is 0 Å². The molecule has 2 aliphatic rings. The van der Waals surface area contributed by atoms with Crippen molar-refractivity contribution in [2.45, 2.75) is 13.3 Å². The van der Waals surface area contributed by atoms with E-state index in [9.17, 15) is 9.59 Å². The van der Waals surface area contributed by atoms with E-state index in [1.54, 1.807) is 23.1 Å². The van der Waals surface area contributed by atoms with E-state index in [1.807, 2.05) is 31.2 Å². The van der Waals surface area contributed by atoms with Crippen LogP contribution in [0.5, 0.6) is 23.0 Å². The van der Waals surface area contributed by atoms with Crippen LogP contribution in [0.4, 0.5) is 5.69 Å². The van der Waals surface area contributed by atoms with Gasteiger partial charge in [-0.05, 0) is 31.2 Å². The van der Waals surface area contributed by atoms with Crippen LogP contribution in [0.1, 0.15) is 13.3 Å². The lowest BCUT2D eigenvalue weighted by Crippen LogP contribution is -2.35. The van der Waals surface area contributed by atoms with E-state index >= 15 is 0 Å². The molecular formula is C22H24N2O6. The van der Waals surface area contributed by atoms with Gasteiger partial charge in [0.15, 0.2) is 11.5 Å². The van der Waals surface area contributed by atoms with Crippen LogP contribution >= 0.6 is 0 Å². The molecule has 2 aliphatic heterocycles. The molecule has 0 aliphatic carbocycles. The molecule has 158 valence electrons. The Bertz CT molecular complexity index is 932. The molecule has 1 saturated heterocycles. The van der Waals surface area contributed by atoms with Crippen LogP contribution in [0.3, 0.4) is 0 Å². The molecule has 0 radical (unpaired) electrons.